The summed E-state index contributed by atoms with van der Waals surface area (Å²) in [6.45, 7) is 0. The van der Waals surface area contributed by atoms with E-state index < -0.39 is 0 Å². The van der Waals surface area contributed by atoms with Crippen LogP contribution < -0.4 is 5.73 Å². The van der Waals surface area contributed by atoms with Gasteiger partial charge in [0.2, 0.25) is 11.8 Å². The molecule has 2 N–H and O–H groups in total. The lowest BCUT2D eigenvalue weighted by Gasteiger charge is -2.40. The standard InChI is InChI=1S/C13H18N4O2/c1-16-10(6-7-15-16)12-9(13(14)19)4-5-11(18)17(12)8-2-3-8/h6-9,12H,2-5H2,1H3,(H2,14,19)/t9-,12+/m1/s1. The Balaban J connectivity index is 2.02. The molecule has 0 radical (unpaired) electrons. The van der Waals surface area contributed by atoms with Crippen molar-refractivity contribution in [3.63, 3.8) is 0 Å². The van der Waals surface area contributed by atoms with Gasteiger partial charge in [0.25, 0.3) is 0 Å². The zero-order valence-electron chi connectivity index (χ0n) is 11.0. The van der Waals surface area contributed by atoms with Crippen LogP contribution in [0.1, 0.15) is 37.4 Å². The first-order valence-corrected chi connectivity index (χ1v) is 6.68. The first kappa shape index (κ1) is 12.2. The molecule has 0 unspecified atom stereocenters. The van der Waals surface area contributed by atoms with Crippen LogP contribution >= 0.6 is 0 Å². The molecule has 3 rings (SSSR count). The van der Waals surface area contributed by atoms with Gasteiger partial charge in [0.1, 0.15) is 0 Å². The highest BCUT2D eigenvalue weighted by Gasteiger charge is 2.46. The number of nitrogens with zero attached hydrogens (tertiary/aromatic N) is 3. The molecule has 6 nitrogen and oxygen atoms in total. The van der Waals surface area contributed by atoms with E-state index in [-0.39, 0.29) is 29.8 Å². The van der Waals surface area contributed by atoms with Gasteiger partial charge in [0.05, 0.1) is 17.7 Å². The second-order valence-corrected chi connectivity index (χ2v) is 5.40. The SMILES string of the molecule is Cn1nccc1[C@@H]1[C@H](C(N)=O)CCC(=O)N1C1CC1. The van der Waals surface area contributed by atoms with E-state index in [1.54, 1.807) is 10.9 Å². The monoisotopic (exact) mass is 262 g/mol. The van der Waals surface area contributed by atoms with Crippen LogP contribution in [0.3, 0.4) is 0 Å². The molecule has 2 amide bonds. The second-order valence-electron chi connectivity index (χ2n) is 5.40. The molecule has 2 atom stereocenters. The molecule has 0 aromatic carbocycles. The van der Waals surface area contributed by atoms with E-state index in [1.165, 1.54) is 0 Å². The number of carbonyl (C=O) groups excluding carboxylic acids is 2. The van der Waals surface area contributed by atoms with Crippen LogP contribution in [0.15, 0.2) is 12.3 Å². The lowest BCUT2D eigenvalue weighted by atomic mass is 9.86. The summed E-state index contributed by atoms with van der Waals surface area (Å²) in [4.78, 5) is 25.8. The number of rotatable bonds is 3. The summed E-state index contributed by atoms with van der Waals surface area (Å²) in [5, 5.41) is 4.15. The Hall–Kier alpha value is -1.85. The minimum Gasteiger partial charge on any atom is -0.369 e. The van der Waals surface area contributed by atoms with E-state index in [1.807, 2.05) is 18.0 Å². The predicted molar refractivity (Wildman–Crippen MR) is 67.7 cm³/mol. The molecule has 1 saturated carbocycles. The van der Waals surface area contributed by atoms with Gasteiger partial charge in [0, 0.05) is 25.7 Å². The average Bonchev–Trinajstić information content (AvgIpc) is 3.10. The van der Waals surface area contributed by atoms with Crippen molar-refractivity contribution in [2.75, 3.05) is 0 Å². The molecule has 6 heteroatoms. The topological polar surface area (TPSA) is 81.2 Å². The Morgan fingerprint density at radius 3 is 2.68 bits per heavy atom. The quantitative estimate of drug-likeness (QED) is 0.853. The maximum atomic E-state index is 12.2. The minimum atomic E-state index is -0.329. The van der Waals surface area contributed by atoms with Crippen molar-refractivity contribution in [1.82, 2.24) is 14.7 Å². The zero-order chi connectivity index (χ0) is 13.6. The van der Waals surface area contributed by atoms with E-state index in [9.17, 15) is 9.59 Å². The summed E-state index contributed by atoms with van der Waals surface area (Å²) in [6.07, 6.45) is 4.68. The predicted octanol–water partition coefficient (Wildman–Crippen LogP) is 0.347. The number of likely N-dealkylation sites (tertiary alicyclic amines) is 1. The van der Waals surface area contributed by atoms with Gasteiger partial charge in [-0.2, -0.15) is 5.10 Å². The third kappa shape index (κ3) is 2.01. The van der Waals surface area contributed by atoms with Crippen LogP contribution in [0.5, 0.6) is 0 Å². The van der Waals surface area contributed by atoms with Crippen molar-refractivity contribution in [2.24, 2.45) is 18.7 Å². The fourth-order valence-corrected chi connectivity index (χ4v) is 3.02. The highest BCUT2D eigenvalue weighted by Crippen LogP contribution is 2.43. The molecule has 2 heterocycles. The Bertz CT molecular complexity index is 520. The molecule has 0 spiro atoms. The number of hydrogen-bond donors (Lipinski definition) is 1. The van der Waals surface area contributed by atoms with Crippen LogP contribution in [0.4, 0.5) is 0 Å². The largest absolute Gasteiger partial charge is 0.369 e. The Labute approximate surface area is 111 Å². The molecule has 2 fully saturated rings. The molecule has 0 bridgehead atoms. The summed E-state index contributed by atoms with van der Waals surface area (Å²) >= 11 is 0. The number of carbonyl (C=O) groups is 2. The van der Waals surface area contributed by atoms with E-state index in [0.29, 0.717) is 12.8 Å². The number of aromatic nitrogens is 2. The molecular weight excluding hydrogens is 244 g/mol. The molecule has 2 aliphatic rings. The van der Waals surface area contributed by atoms with Gasteiger partial charge in [-0.15, -0.1) is 0 Å². The van der Waals surface area contributed by atoms with Crippen LogP contribution in [-0.4, -0.2) is 32.5 Å². The summed E-state index contributed by atoms with van der Waals surface area (Å²) in [5.74, 6) is -0.510. The van der Waals surface area contributed by atoms with E-state index in [4.69, 9.17) is 5.73 Å². The lowest BCUT2D eigenvalue weighted by Crippen LogP contribution is -2.48. The normalized spacial score (nSPS) is 27.6. The molecule has 1 saturated heterocycles. The van der Waals surface area contributed by atoms with Gasteiger partial charge in [-0.05, 0) is 25.3 Å². The van der Waals surface area contributed by atoms with Gasteiger partial charge in [-0.1, -0.05) is 0 Å². The van der Waals surface area contributed by atoms with Gasteiger partial charge in [-0.3, -0.25) is 14.3 Å². The fourth-order valence-electron chi connectivity index (χ4n) is 3.02. The number of primary amides is 1. The molecule has 1 aromatic heterocycles. The van der Waals surface area contributed by atoms with Crippen molar-refractivity contribution in [1.29, 1.82) is 0 Å². The molecular formula is C13H18N4O2. The van der Waals surface area contributed by atoms with Crippen molar-refractivity contribution in [2.45, 2.75) is 37.8 Å². The summed E-state index contributed by atoms with van der Waals surface area (Å²) in [7, 11) is 1.83. The van der Waals surface area contributed by atoms with Gasteiger partial charge < -0.3 is 10.6 Å². The zero-order valence-corrected chi connectivity index (χ0v) is 11.0. The summed E-state index contributed by atoms with van der Waals surface area (Å²) < 4.78 is 1.73. The number of nitrogens with two attached hydrogens (primary N) is 1. The smallest absolute Gasteiger partial charge is 0.223 e. The van der Waals surface area contributed by atoms with Crippen molar-refractivity contribution in [3.8, 4) is 0 Å². The van der Waals surface area contributed by atoms with Crippen LogP contribution in [0.2, 0.25) is 0 Å². The number of hydrogen-bond acceptors (Lipinski definition) is 3. The number of piperidine rings is 1. The Morgan fingerprint density at radius 2 is 2.16 bits per heavy atom. The number of aryl methyl sites for hydroxylation is 1. The number of amides is 2. The Morgan fingerprint density at radius 1 is 1.42 bits per heavy atom. The molecule has 1 aliphatic heterocycles. The maximum absolute atomic E-state index is 12.2. The highest BCUT2D eigenvalue weighted by molar-refractivity contribution is 5.84. The van der Waals surface area contributed by atoms with E-state index in [0.717, 1.165) is 18.5 Å². The molecule has 1 aromatic rings. The third-order valence-corrected chi connectivity index (χ3v) is 4.11. The highest BCUT2D eigenvalue weighted by atomic mass is 16.2. The van der Waals surface area contributed by atoms with Crippen molar-refractivity contribution in [3.05, 3.63) is 18.0 Å². The maximum Gasteiger partial charge on any atom is 0.223 e. The van der Waals surface area contributed by atoms with Crippen molar-refractivity contribution < 1.29 is 9.59 Å². The minimum absolute atomic E-state index is 0.131. The van der Waals surface area contributed by atoms with E-state index in [2.05, 4.69) is 5.10 Å². The second kappa shape index (κ2) is 4.36. The lowest BCUT2D eigenvalue weighted by molar-refractivity contribution is -0.143. The van der Waals surface area contributed by atoms with E-state index >= 15 is 0 Å². The average molecular weight is 262 g/mol. The van der Waals surface area contributed by atoms with Crippen LogP contribution in [0, 0.1) is 5.92 Å². The first-order valence-electron chi connectivity index (χ1n) is 6.68. The fraction of sp³-hybridized carbons (Fsp3) is 0.615. The first-order chi connectivity index (χ1) is 9.09. The summed E-state index contributed by atoms with van der Waals surface area (Å²) in [5.41, 5.74) is 6.43. The van der Waals surface area contributed by atoms with Gasteiger partial charge in [0.15, 0.2) is 0 Å². The molecule has 102 valence electrons. The molecule has 19 heavy (non-hydrogen) atoms. The summed E-state index contributed by atoms with van der Waals surface area (Å²) in [6, 6.07) is 1.89. The van der Waals surface area contributed by atoms with Crippen LogP contribution in [-0.2, 0) is 16.6 Å². The molecule has 1 aliphatic carbocycles. The third-order valence-electron chi connectivity index (χ3n) is 4.11. The van der Waals surface area contributed by atoms with Gasteiger partial charge >= 0.3 is 0 Å². The van der Waals surface area contributed by atoms with Gasteiger partial charge in [-0.25, -0.2) is 0 Å². The Kier molecular flexibility index (Phi) is 2.80. The van der Waals surface area contributed by atoms with Crippen LogP contribution in [0.25, 0.3) is 0 Å². The van der Waals surface area contributed by atoms with Crippen molar-refractivity contribution >= 4 is 11.8 Å².